The van der Waals surface area contributed by atoms with Crippen LogP contribution in [0.5, 0.6) is 0 Å². The zero-order valence-electron chi connectivity index (χ0n) is 13.7. The fourth-order valence-corrected chi connectivity index (χ4v) is 2.70. The summed E-state index contributed by atoms with van der Waals surface area (Å²) in [7, 11) is 2.97. The van der Waals surface area contributed by atoms with Crippen molar-refractivity contribution in [1.29, 1.82) is 0 Å². The van der Waals surface area contributed by atoms with Crippen LogP contribution in [0, 0.1) is 0 Å². The van der Waals surface area contributed by atoms with E-state index in [0.717, 1.165) is 24.3 Å². The molecule has 23 heavy (non-hydrogen) atoms. The quantitative estimate of drug-likeness (QED) is 0.777. The van der Waals surface area contributed by atoms with Gasteiger partial charge in [-0.25, -0.2) is 0 Å². The maximum atomic E-state index is 12.5. The number of amides is 1. The summed E-state index contributed by atoms with van der Waals surface area (Å²) >= 11 is 0. The number of rotatable bonds is 6. The van der Waals surface area contributed by atoms with Gasteiger partial charge in [-0.1, -0.05) is 12.1 Å². The molecule has 6 heteroatoms. The standard InChI is InChI=1S/C17H24N2O4/c1-22-15(20)8-5-13-3-6-14(7-4-13)19-16(21)17(23-2)9-11-18-12-10-17/h3-4,6-7,18H,5,8-12H2,1-2H3,(H,19,21). The average Bonchev–Trinajstić information content (AvgIpc) is 2.61. The third-order valence-corrected chi connectivity index (χ3v) is 4.27. The van der Waals surface area contributed by atoms with Gasteiger partial charge in [-0.2, -0.15) is 0 Å². The molecular formula is C17H24N2O4. The first-order chi connectivity index (χ1) is 11.1. The van der Waals surface area contributed by atoms with Crippen LogP contribution in [-0.4, -0.2) is 44.8 Å². The fraction of sp³-hybridized carbons (Fsp3) is 0.529. The highest BCUT2D eigenvalue weighted by Gasteiger charge is 2.39. The number of aryl methyl sites for hydroxylation is 1. The Balaban J connectivity index is 1.94. The Labute approximate surface area is 136 Å². The van der Waals surface area contributed by atoms with E-state index < -0.39 is 5.60 Å². The maximum absolute atomic E-state index is 12.5. The molecule has 0 aliphatic carbocycles. The lowest BCUT2D eigenvalue weighted by atomic mass is 9.91. The van der Waals surface area contributed by atoms with Crippen LogP contribution in [-0.2, 0) is 25.5 Å². The van der Waals surface area contributed by atoms with Crippen molar-refractivity contribution in [2.75, 3.05) is 32.6 Å². The van der Waals surface area contributed by atoms with Crippen molar-refractivity contribution in [3.63, 3.8) is 0 Å². The van der Waals surface area contributed by atoms with E-state index in [4.69, 9.17) is 4.74 Å². The van der Waals surface area contributed by atoms with Crippen molar-refractivity contribution in [1.82, 2.24) is 5.32 Å². The first-order valence-electron chi connectivity index (χ1n) is 7.83. The second kappa shape index (κ2) is 8.08. The van der Waals surface area contributed by atoms with Gasteiger partial charge in [0.15, 0.2) is 0 Å². The van der Waals surface area contributed by atoms with Crippen molar-refractivity contribution in [2.24, 2.45) is 0 Å². The predicted molar refractivity (Wildman–Crippen MR) is 87.3 cm³/mol. The smallest absolute Gasteiger partial charge is 0.305 e. The van der Waals surface area contributed by atoms with Gasteiger partial charge in [0.1, 0.15) is 5.60 Å². The molecule has 0 aromatic heterocycles. The van der Waals surface area contributed by atoms with Crippen LogP contribution in [0.2, 0.25) is 0 Å². The normalized spacial score (nSPS) is 16.6. The minimum Gasteiger partial charge on any atom is -0.469 e. The van der Waals surface area contributed by atoms with Gasteiger partial charge in [0, 0.05) is 19.2 Å². The zero-order chi connectivity index (χ0) is 16.7. The second-order valence-electron chi connectivity index (χ2n) is 5.68. The summed E-state index contributed by atoms with van der Waals surface area (Å²) in [6.07, 6.45) is 2.29. The Morgan fingerprint density at radius 1 is 1.17 bits per heavy atom. The van der Waals surface area contributed by atoms with Gasteiger partial charge in [0.05, 0.1) is 7.11 Å². The highest BCUT2D eigenvalue weighted by atomic mass is 16.5. The van der Waals surface area contributed by atoms with Crippen LogP contribution >= 0.6 is 0 Å². The van der Waals surface area contributed by atoms with E-state index in [1.807, 2.05) is 24.3 Å². The number of methoxy groups -OCH3 is 2. The fourth-order valence-electron chi connectivity index (χ4n) is 2.70. The Hall–Kier alpha value is -1.92. The van der Waals surface area contributed by atoms with E-state index in [2.05, 4.69) is 15.4 Å². The molecule has 1 saturated heterocycles. The highest BCUT2D eigenvalue weighted by Crippen LogP contribution is 2.24. The van der Waals surface area contributed by atoms with E-state index in [-0.39, 0.29) is 11.9 Å². The summed E-state index contributed by atoms with van der Waals surface area (Å²) in [5.41, 5.74) is 0.998. The summed E-state index contributed by atoms with van der Waals surface area (Å²) in [6, 6.07) is 7.49. The van der Waals surface area contributed by atoms with Crippen LogP contribution in [0.4, 0.5) is 5.69 Å². The van der Waals surface area contributed by atoms with Crippen LogP contribution in [0.25, 0.3) is 0 Å². The number of hydrogen-bond donors (Lipinski definition) is 2. The Morgan fingerprint density at radius 2 is 1.83 bits per heavy atom. The molecule has 1 fully saturated rings. The molecule has 1 amide bonds. The molecule has 1 aliphatic rings. The zero-order valence-corrected chi connectivity index (χ0v) is 13.7. The molecule has 2 rings (SSSR count). The number of carbonyl (C=O) groups excluding carboxylic acids is 2. The second-order valence-corrected chi connectivity index (χ2v) is 5.68. The number of nitrogens with one attached hydrogen (secondary N) is 2. The minimum atomic E-state index is -0.755. The number of benzene rings is 1. The maximum Gasteiger partial charge on any atom is 0.305 e. The largest absolute Gasteiger partial charge is 0.469 e. The molecular weight excluding hydrogens is 296 g/mol. The minimum absolute atomic E-state index is 0.108. The van der Waals surface area contributed by atoms with Gasteiger partial charge >= 0.3 is 5.97 Å². The molecule has 0 radical (unpaired) electrons. The van der Waals surface area contributed by atoms with E-state index in [1.165, 1.54) is 7.11 Å². The lowest BCUT2D eigenvalue weighted by molar-refractivity contribution is -0.141. The van der Waals surface area contributed by atoms with E-state index >= 15 is 0 Å². The SMILES string of the molecule is COC(=O)CCc1ccc(NC(=O)C2(OC)CCNCC2)cc1. The molecule has 1 aliphatic heterocycles. The van der Waals surface area contributed by atoms with E-state index in [0.29, 0.717) is 25.7 Å². The summed E-state index contributed by atoms with van der Waals surface area (Å²) in [4.78, 5) is 23.7. The van der Waals surface area contributed by atoms with Crippen LogP contribution in [0.1, 0.15) is 24.8 Å². The number of esters is 1. The van der Waals surface area contributed by atoms with Gasteiger partial charge < -0.3 is 20.1 Å². The summed E-state index contributed by atoms with van der Waals surface area (Å²) in [6.45, 7) is 1.54. The molecule has 0 atom stereocenters. The third kappa shape index (κ3) is 4.53. The monoisotopic (exact) mass is 320 g/mol. The molecule has 6 nitrogen and oxygen atoms in total. The third-order valence-electron chi connectivity index (χ3n) is 4.27. The molecule has 0 saturated carbocycles. The molecule has 0 spiro atoms. The Kier molecular flexibility index (Phi) is 6.12. The van der Waals surface area contributed by atoms with Crippen molar-refractivity contribution in [3.8, 4) is 0 Å². The summed E-state index contributed by atoms with van der Waals surface area (Å²) in [5, 5.41) is 6.15. The molecule has 0 unspecified atom stereocenters. The van der Waals surface area contributed by atoms with Crippen molar-refractivity contribution in [3.05, 3.63) is 29.8 Å². The van der Waals surface area contributed by atoms with Crippen molar-refractivity contribution in [2.45, 2.75) is 31.3 Å². The van der Waals surface area contributed by atoms with Crippen LogP contribution in [0.15, 0.2) is 24.3 Å². The average molecular weight is 320 g/mol. The lowest BCUT2D eigenvalue weighted by Gasteiger charge is -2.34. The van der Waals surface area contributed by atoms with Crippen molar-refractivity contribution >= 4 is 17.6 Å². The van der Waals surface area contributed by atoms with Gasteiger partial charge in [0.2, 0.25) is 0 Å². The van der Waals surface area contributed by atoms with Gasteiger partial charge in [0.25, 0.3) is 5.91 Å². The van der Waals surface area contributed by atoms with Gasteiger partial charge in [-0.05, 0) is 50.0 Å². The van der Waals surface area contributed by atoms with Crippen LogP contribution < -0.4 is 10.6 Å². The first kappa shape index (κ1) is 17.4. The van der Waals surface area contributed by atoms with E-state index in [9.17, 15) is 9.59 Å². The highest BCUT2D eigenvalue weighted by molar-refractivity contribution is 5.97. The van der Waals surface area contributed by atoms with Crippen molar-refractivity contribution < 1.29 is 19.1 Å². The predicted octanol–water partition coefficient (Wildman–Crippen LogP) is 1.50. The molecule has 2 N–H and O–H groups in total. The Bertz CT molecular complexity index is 536. The van der Waals surface area contributed by atoms with Crippen LogP contribution in [0.3, 0.4) is 0 Å². The van der Waals surface area contributed by atoms with Gasteiger partial charge in [-0.15, -0.1) is 0 Å². The molecule has 1 heterocycles. The number of carbonyl (C=O) groups is 2. The van der Waals surface area contributed by atoms with E-state index in [1.54, 1.807) is 7.11 Å². The van der Waals surface area contributed by atoms with Gasteiger partial charge in [-0.3, -0.25) is 9.59 Å². The molecule has 0 bridgehead atoms. The number of anilines is 1. The number of piperidine rings is 1. The first-order valence-corrected chi connectivity index (χ1v) is 7.83. The number of hydrogen-bond acceptors (Lipinski definition) is 5. The molecule has 1 aromatic carbocycles. The summed E-state index contributed by atoms with van der Waals surface area (Å²) in [5.74, 6) is -0.334. The molecule has 1 aromatic rings. The topological polar surface area (TPSA) is 76.7 Å². The lowest BCUT2D eigenvalue weighted by Crippen LogP contribution is -2.51. The summed E-state index contributed by atoms with van der Waals surface area (Å²) < 4.78 is 10.1. The number of ether oxygens (including phenoxy) is 2. The Morgan fingerprint density at radius 3 is 2.39 bits per heavy atom. The molecule has 126 valence electrons.